The molecule has 130 valence electrons. The molecule has 0 unspecified atom stereocenters. The van der Waals surface area contributed by atoms with Crippen LogP contribution in [0.25, 0.3) is 11.1 Å². The molecule has 0 aliphatic carbocycles. The van der Waals surface area contributed by atoms with E-state index in [0.717, 1.165) is 29.7 Å². The van der Waals surface area contributed by atoms with Gasteiger partial charge in [0.15, 0.2) is 0 Å². The van der Waals surface area contributed by atoms with Gasteiger partial charge in [-0.05, 0) is 47.7 Å². The van der Waals surface area contributed by atoms with Crippen molar-refractivity contribution < 1.29 is 4.74 Å². The molecule has 0 saturated carbocycles. The molecule has 25 heavy (non-hydrogen) atoms. The topological polar surface area (TPSA) is 33.6 Å². The van der Waals surface area contributed by atoms with E-state index in [2.05, 4.69) is 55.2 Å². The molecule has 0 atom stereocenters. The van der Waals surface area contributed by atoms with Crippen molar-refractivity contribution >= 4 is 17.4 Å². The van der Waals surface area contributed by atoms with Gasteiger partial charge >= 0.3 is 0 Å². The fourth-order valence-corrected chi connectivity index (χ4v) is 2.68. The maximum Gasteiger partial charge on any atom is 0.118 e. The molecule has 2 aromatic rings. The van der Waals surface area contributed by atoms with E-state index in [1.807, 2.05) is 30.5 Å². The molecule has 0 amide bonds. The van der Waals surface area contributed by atoms with Crippen LogP contribution in [-0.2, 0) is 6.42 Å². The number of hydrazone groups is 1. The van der Waals surface area contributed by atoms with Gasteiger partial charge in [0.2, 0.25) is 0 Å². The van der Waals surface area contributed by atoms with E-state index in [9.17, 15) is 0 Å². The van der Waals surface area contributed by atoms with Gasteiger partial charge in [0, 0.05) is 11.8 Å². The third kappa shape index (κ3) is 5.08. The Morgan fingerprint density at radius 1 is 1.08 bits per heavy atom. The van der Waals surface area contributed by atoms with Crippen LogP contribution in [0.3, 0.4) is 0 Å². The molecular weight excluding hydrogens is 308 g/mol. The molecule has 0 aromatic heterocycles. The van der Waals surface area contributed by atoms with E-state index < -0.39 is 0 Å². The molecule has 0 saturated heterocycles. The lowest BCUT2D eigenvalue weighted by Crippen LogP contribution is -1.97. The quantitative estimate of drug-likeness (QED) is 0.404. The second kappa shape index (κ2) is 9.48. The monoisotopic (exact) mass is 334 g/mol. The lowest BCUT2D eigenvalue weighted by molar-refractivity contribution is 0.415. The SMILES string of the molecule is C=CN/N=C\C(=C(/C)c1ccc(CCC)cc1)c1ccc(OC)cc1. The summed E-state index contributed by atoms with van der Waals surface area (Å²) in [6.07, 6.45) is 5.65. The van der Waals surface area contributed by atoms with Crippen LogP contribution in [0.4, 0.5) is 0 Å². The number of ether oxygens (including phenoxy) is 1. The number of methoxy groups -OCH3 is 1. The van der Waals surface area contributed by atoms with Crippen LogP contribution in [0.15, 0.2) is 66.4 Å². The fourth-order valence-electron chi connectivity index (χ4n) is 2.68. The largest absolute Gasteiger partial charge is 0.497 e. The van der Waals surface area contributed by atoms with Crippen molar-refractivity contribution in [3.8, 4) is 5.75 Å². The van der Waals surface area contributed by atoms with E-state index in [1.165, 1.54) is 16.7 Å². The highest BCUT2D eigenvalue weighted by atomic mass is 16.5. The molecule has 1 N–H and O–H groups in total. The molecule has 0 fully saturated rings. The Morgan fingerprint density at radius 3 is 2.28 bits per heavy atom. The predicted octanol–water partition coefficient (Wildman–Crippen LogP) is 5.30. The Balaban J connectivity index is 2.43. The first kappa shape index (κ1) is 18.5. The van der Waals surface area contributed by atoms with Crippen LogP contribution in [0.1, 0.15) is 37.0 Å². The van der Waals surface area contributed by atoms with Gasteiger partial charge < -0.3 is 4.74 Å². The minimum atomic E-state index is 0.839. The van der Waals surface area contributed by atoms with Crippen molar-refractivity contribution in [2.45, 2.75) is 26.7 Å². The third-order valence-corrected chi connectivity index (χ3v) is 4.09. The maximum absolute atomic E-state index is 5.25. The Kier molecular flexibility index (Phi) is 7.02. The summed E-state index contributed by atoms with van der Waals surface area (Å²) in [6, 6.07) is 16.8. The highest BCUT2D eigenvalue weighted by molar-refractivity contribution is 6.19. The number of aryl methyl sites for hydroxylation is 1. The van der Waals surface area contributed by atoms with Gasteiger partial charge in [0.25, 0.3) is 0 Å². The molecule has 2 aromatic carbocycles. The Morgan fingerprint density at radius 2 is 1.72 bits per heavy atom. The highest BCUT2D eigenvalue weighted by Gasteiger charge is 2.07. The van der Waals surface area contributed by atoms with Crippen LogP contribution >= 0.6 is 0 Å². The normalized spacial score (nSPS) is 12.0. The number of allylic oxidation sites excluding steroid dienone is 2. The summed E-state index contributed by atoms with van der Waals surface area (Å²) in [6.45, 7) is 7.94. The second-order valence-corrected chi connectivity index (χ2v) is 5.81. The second-order valence-electron chi connectivity index (χ2n) is 5.81. The summed E-state index contributed by atoms with van der Waals surface area (Å²) < 4.78 is 5.25. The molecule has 0 spiro atoms. The zero-order valence-corrected chi connectivity index (χ0v) is 15.3. The lowest BCUT2D eigenvalue weighted by Gasteiger charge is -2.11. The van der Waals surface area contributed by atoms with E-state index in [1.54, 1.807) is 13.3 Å². The highest BCUT2D eigenvalue weighted by Crippen LogP contribution is 2.26. The standard InChI is InChI=1S/C22H26N2O/c1-5-7-18-8-10-19(11-9-18)17(3)22(16-24-23-6-2)20-12-14-21(25-4)15-13-20/h6,8-16,23H,2,5,7H2,1,3-4H3/b22-17-,24-16-. The van der Waals surface area contributed by atoms with Crippen LogP contribution in [-0.4, -0.2) is 13.3 Å². The van der Waals surface area contributed by atoms with Gasteiger partial charge in [0.05, 0.1) is 13.3 Å². The number of nitrogens with one attached hydrogen (secondary N) is 1. The van der Waals surface area contributed by atoms with Crippen molar-refractivity contribution in [3.63, 3.8) is 0 Å². The zero-order chi connectivity index (χ0) is 18.1. The van der Waals surface area contributed by atoms with Gasteiger partial charge in [-0.3, -0.25) is 5.43 Å². The maximum atomic E-state index is 5.25. The smallest absolute Gasteiger partial charge is 0.118 e. The first-order valence-corrected chi connectivity index (χ1v) is 8.53. The van der Waals surface area contributed by atoms with Crippen molar-refractivity contribution in [3.05, 3.63) is 78.0 Å². The third-order valence-electron chi connectivity index (χ3n) is 4.09. The summed E-state index contributed by atoms with van der Waals surface area (Å²) >= 11 is 0. The number of hydrogen-bond donors (Lipinski definition) is 1. The molecule has 3 heteroatoms. The first-order chi connectivity index (χ1) is 12.2. The van der Waals surface area contributed by atoms with Gasteiger partial charge in [-0.25, -0.2) is 0 Å². The molecular formula is C22H26N2O. The van der Waals surface area contributed by atoms with Crippen LogP contribution in [0.2, 0.25) is 0 Å². The minimum absolute atomic E-state index is 0.839. The summed E-state index contributed by atoms with van der Waals surface area (Å²) in [5.74, 6) is 0.839. The van der Waals surface area contributed by atoms with Gasteiger partial charge in [-0.1, -0.05) is 56.3 Å². The van der Waals surface area contributed by atoms with Crippen molar-refractivity contribution in [2.75, 3.05) is 7.11 Å². The first-order valence-electron chi connectivity index (χ1n) is 8.53. The van der Waals surface area contributed by atoms with Crippen molar-refractivity contribution in [1.82, 2.24) is 5.43 Å². The van der Waals surface area contributed by atoms with Crippen LogP contribution in [0.5, 0.6) is 5.75 Å². The molecule has 0 aliphatic rings. The number of hydrogen-bond acceptors (Lipinski definition) is 3. The number of nitrogens with zero attached hydrogens (tertiary/aromatic N) is 1. The lowest BCUT2D eigenvalue weighted by atomic mass is 9.95. The Labute approximate surface area is 150 Å². The molecule has 0 bridgehead atoms. The molecule has 3 nitrogen and oxygen atoms in total. The van der Waals surface area contributed by atoms with Gasteiger partial charge in [-0.2, -0.15) is 5.10 Å². The van der Waals surface area contributed by atoms with Crippen molar-refractivity contribution in [1.29, 1.82) is 0 Å². The summed E-state index contributed by atoms with van der Waals surface area (Å²) in [5.41, 5.74) is 8.65. The van der Waals surface area contributed by atoms with Crippen molar-refractivity contribution in [2.24, 2.45) is 5.10 Å². The molecule has 0 heterocycles. The zero-order valence-electron chi connectivity index (χ0n) is 15.3. The minimum Gasteiger partial charge on any atom is -0.497 e. The van der Waals surface area contributed by atoms with E-state index >= 15 is 0 Å². The number of benzene rings is 2. The van der Waals surface area contributed by atoms with E-state index in [4.69, 9.17) is 4.74 Å². The number of rotatable bonds is 8. The van der Waals surface area contributed by atoms with Gasteiger partial charge in [0.1, 0.15) is 5.75 Å². The Hall–Kier alpha value is -2.81. The van der Waals surface area contributed by atoms with E-state index in [0.29, 0.717) is 0 Å². The summed E-state index contributed by atoms with van der Waals surface area (Å²) in [7, 11) is 1.67. The molecule has 2 rings (SSSR count). The average molecular weight is 334 g/mol. The van der Waals surface area contributed by atoms with E-state index in [-0.39, 0.29) is 0 Å². The average Bonchev–Trinajstić information content (AvgIpc) is 2.66. The van der Waals surface area contributed by atoms with Crippen LogP contribution in [0, 0.1) is 0 Å². The fraction of sp³-hybridized carbons (Fsp3) is 0.227. The predicted molar refractivity (Wildman–Crippen MR) is 108 cm³/mol. The summed E-state index contributed by atoms with van der Waals surface area (Å²) in [4.78, 5) is 0. The Bertz CT molecular complexity index is 741. The van der Waals surface area contributed by atoms with Gasteiger partial charge in [-0.15, -0.1) is 0 Å². The molecule has 0 radical (unpaired) electrons. The summed E-state index contributed by atoms with van der Waals surface area (Å²) in [5, 5.41) is 4.22. The van der Waals surface area contributed by atoms with Crippen LogP contribution < -0.4 is 10.2 Å². The molecule has 0 aliphatic heterocycles.